The van der Waals surface area contributed by atoms with E-state index < -0.39 is 12.0 Å². The van der Waals surface area contributed by atoms with Gasteiger partial charge in [0.25, 0.3) is 5.92 Å². The maximum absolute atomic E-state index is 12.6. The normalized spacial score (nSPS) is 19.6. The number of halogens is 3. The van der Waals surface area contributed by atoms with Crippen molar-refractivity contribution >= 4 is 21.7 Å². The zero-order valence-electron chi connectivity index (χ0n) is 7.54. The summed E-state index contributed by atoms with van der Waals surface area (Å²) in [5.74, 6) is -2.48. The molecule has 0 atom stereocenters. The zero-order valence-corrected chi connectivity index (χ0v) is 9.13. The smallest absolute Gasteiger partial charge is 0.252 e. The van der Waals surface area contributed by atoms with E-state index in [-0.39, 0.29) is 24.2 Å². The highest BCUT2D eigenvalue weighted by atomic mass is 79.9. The Morgan fingerprint density at radius 2 is 2.20 bits per heavy atom. The van der Waals surface area contributed by atoms with Crippen molar-refractivity contribution in [3.63, 3.8) is 0 Å². The van der Waals surface area contributed by atoms with E-state index in [9.17, 15) is 8.78 Å². The van der Waals surface area contributed by atoms with Crippen LogP contribution in [-0.2, 0) is 0 Å². The molecule has 7 heteroatoms. The fraction of sp³-hybridized carbons (Fsp3) is 0.500. The van der Waals surface area contributed by atoms with Gasteiger partial charge in [0.2, 0.25) is 0 Å². The number of aromatic nitrogens is 2. The van der Waals surface area contributed by atoms with Gasteiger partial charge in [-0.3, -0.25) is 0 Å². The zero-order chi connectivity index (χ0) is 11.2. The van der Waals surface area contributed by atoms with Crippen LogP contribution in [0.4, 0.5) is 14.6 Å². The highest BCUT2D eigenvalue weighted by molar-refractivity contribution is 9.10. The van der Waals surface area contributed by atoms with Crippen molar-refractivity contribution < 1.29 is 8.78 Å². The van der Waals surface area contributed by atoms with Crippen LogP contribution in [0.15, 0.2) is 4.60 Å². The number of anilines is 1. The molecule has 0 saturated heterocycles. The number of nitrogens with two attached hydrogens (primary N) is 1. The van der Waals surface area contributed by atoms with E-state index in [0.29, 0.717) is 4.60 Å². The minimum Gasteiger partial charge on any atom is -0.383 e. The molecule has 0 aliphatic heterocycles. The number of nitriles is 1. The molecule has 1 aromatic rings. The highest BCUT2D eigenvalue weighted by Gasteiger charge is 2.47. The second-order valence-corrected chi connectivity index (χ2v) is 4.28. The first-order chi connectivity index (χ1) is 6.94. The Morgan fingerprint density at radius 1 is 1.60 bits per heavy atom. The van der Waals surface area contributed by atoms with Gasteiger partial charge in [0.05, 0.1) is 6.04 Å². The third-order valence-electron chi connectivity index (χ3n) is 2.43. The summed E-state index contributed by atoms with van der Waals surface area (Å²) in [7, 11) is 0. The van der Waals surface area contributed by atoms with E-state index in [1.807, 2.05) is 6.07 Å². The van der Waals surface area contributed by atoms with Crippen molar-refractivity contribution in [2.24, 2.45) is 0 Å². The second kappa shape index (κ2) is 3.17. The van der Waals surface area contributed by atoms with Crippen molar-refractivity contribution in [2.45, 2.75) is 24.8 Å². The summed E-state index contributed by atoms with van der Waals surface area (Å²) in [4.78, 5) is 0. The molecule has 0 bridgehead atoms. The predicted molar refractivity (Wildman–Crippen MR) is 52.3 cm³/mol. The average Bonchev–Trinajstić information content (AvgIpc) is 2.37. The van der Waals surface area contributed by atoms with Crippen molar-refractivity contribution in [2.75, 3.05) is 5.73 Å². The fourth-order valence-corrected chi connectivity index (χ4v) is 2.07. The van der Waals surface area contributed by atoms with Gasteiger partial charge in [0.15, 0.2) is 0 Å². The van der Waals surface area contributed by atoms with Gasteiger partial charge in [0.1, 0.15) is 22.1 Å². The summed E-state index contributed by atoms with van der Waals surface area (Å²) in [6, 6.07) is 1.46. The molecule has 1 fully saturated rings. The summed E-state index contributed by atoms with van der Waals surface area (Å²) >= 11 is 3.06. The molecule has 0 unspecified atom stereocenters. The van der Waals surface area contributed by atoms with Gasteiger partial charge in [-0.15, -0.1) is 0 Å². The van der Waals surface area contributed by atoms with Gasteiger partial charge in [-0.1, -0.05) is 0 Å². The van der Waals surface area contributed by atoms with Crippen LogP contribution in [0.1, 0.15) is 24.4 Å². The van der Waals surface area contributed by atoms with Crippen LogP contribution in [0.3, 0.4) is 0 Å². The van der Waals surface area contributed by atoms with Gasteiger partial charge >= 0.3 is 0 Å². The lowest BCUT2D eigenvalue weighted by Gasteiger charge is -2.35. The third-order valence-corrected chi connectivity index (χ3v) is 2.99. The van der Waals surface area contributed by atoms with Gasteiger partial charge in [0, 0.05) is 12.8 Å². The molecule has 1 aromatic heterocycles. The fourth-order valence-electron chi connectivity index (χ4n) is 1.60. The van der Waals surface area contributed by atoms with E-state index in [1.54, 1.807) is 0 Å². The van der Waals surface area contributed by atoms with Gasteiger partial charge in [-0.05, 0) is 15.9 Å². The maximum Gasteiger partial charge on any atom is 0.252 e. The summed E-state index contributed by atoms with van der Waals surface area (Å²) in [5.41, 5.74) is 5.82. The molecule has 1 saturated carbocycles. The van der Waals surface area contributed by atoms with Crippen LogP contribution in [0, 0.1) is 11.3 Å². The van der Waals surface area contributed by atoms with Gasteiger partial charge < -0.3 is 5.73 Å². The van der Waals surface area contributed by atoms with Crippen molar-refractivity contribution in [1.29, 1.82) is 5.26 Å². The first-order valence-corrected chi connectivity index (χ1v) is 5.05. The molecule has 1 aliphatic carbocycles. The highest BCUT2D eigenvalue weighted by Crippen LogP contribution is 2.46. The van der Waals surface area contributed by atoms with Crippen LogP contribution in [0.5, 0.6) is 0 Å². The molecular weight excluding hydrogens is 270 g/mol. The molecule has 80 valence electrons. The monoisotopic (exact) mass is 276 g/mol. The molecule has 2 N–H and O–H groups in total. The summed E-state index contributed by atoms with van der Waals surface area (Å²) in [6.45, 7) is 0. The number of alkyl halides is 2. The second-order valence-electron chi connectivity index (χ2n) is 3.53. The lowest BCUT2D eigenvalue weighted by Crippen LogP contribution is -2.37. The Kier molecular flexibility index (Phi) is 2.19. The Balaban J connectivity index is 2.29. The minimum absolute atomic E-state index is 0.143. The lowest BCUT2D eigenvalue weighted by atomic mass is 9.88. The van der Waals surface area contributed by atoms with Gasteiger partial charge in [-0.25, -0.2) is 13.5 Å². The largest absolute Gasteiger partial charge is 0.383 e. The molecule has 15 heavy (non-hydrogen) atoms. The van der Waals surface area contributed by atoms with Crippen molar-refractivity contribution in [1.82, 2.24) is 9.78 Å². The predicted octanol–water partition coefficient (Wildman–Crippen LogP) is 2.07. The van der Waals surface area contributed by atoms with Crippen LogP contribution >= 0.6 is 15.9 Å². The third kappa shape index (κ3) is 1.59. The van der Waals surface area contributed by atoms with Crippen molar-refractivity contribution in [3.8, 4) is 6.07 Å². The number of nitrogen functional groups attached to an aromatic ring is 1. The lowest BCUT2D eigenvalue weighted by molar-refractivity contribution is -0.106. The minimum atomic E-state index is -2.62. The quantitative estimate of drug-likeness (QED) is 0.854. The van der Waals surface area contributed by atoms with Crippen LogP contribution in [-0.4, -0.2) is 15.7 Å². The molecule has 4 nitrogen and oxygen atoms in total. The van der Waals surface area contributed by atoms with Crippen LogP contribution in [0.25, 0.3) is 0 Å². The number of rotatable bonds is 1. The Bertz CT molecular complexity index is 440. The summed E-state index contributed by atoms with van der Waals surface area (Å²) in [5, 5.41) is 12.6. The van der Waals surface area contributed by atoms with E-state index in [4.69, 9.17) is 11.0 Å². The molecule has 0 amide bonds. The maximum atomic E-state index is 12.6. The molecule has 0 spiro atoms. The number of hydrogen-bond acceptors (Lipinski definition) is 3. The Labute approximate surface area is 92.8 Å². The standard InChI is InChI=1S/C8H7BrF2N4/c9-6-5(3-12)7(13)15(14-6)4-1-8(10,11)2-4/h4H,1-2,13H2. The molecule has 1 heterocycles. The van der Waals surface area contributed by atoms with E-state index in [0.717, 1.165) is 0 Å². The summed E-state index contributed by atoms with van der Waals surface area (Å²) in [6.07, 6.45) is -0.535. The average molecular weight is 277 g/mol. The molecular formula is C8H7BrF2N4. The van der Waals surface area contributed by atoms with Gasteiger partial charge in [-0.2, -0.15) is 10.4 Å². The summed E-state index contributed by atoms with van der Waals surface area (Å²) < 4.78 is 26.9. The molecule has 2 rings (SSSR count). The SMILES string of the molecule is N#Cc1c(Br)nn(C2CC(F)(F)C2)c1N. The number of hydrogen-bond donors (Lipinski definition) is 1. The van der Waals surface area contributed by atoms with E-state index in [2.05, 4.69) is 21.0 Å². The van der Waals surface area contributed by atoms with E-state index in [1.165, 1.54) is 4.68 Å². The number of nitrogens with zero attached hydrogens (tertiary/aromatic N) is 3. The Hall–Kier alpha value is -1.16. The first kappa shape index (κ1) is 10.4. The topological polar surface area (TPSA) is 67.6 Å². The molecule has 0 radical (unpaired) electrons. The van der Waals surface area contributed by atoms with Crippen LogP contribution < -0.4 is 5.73 Å². The van der Waals surface area contributed by atoms with Crippen molar-refractivity contribution in [3.05, 3.63) is 10.2 Å². The Morgan fingerprint density at radius 3 is 2.60 bits per heavy atom. The first-order valence-electron chi connectivity index (χ1n) is 4.26. The van der Waals surface area contributed by atoms with Crippen LogP contribution in [0.2, 0.25) is 0 Å². The molecule has 0 aromatic carbocycles. The van der Waals surface area contributed by atoms with E-state index >= 15 is 0 Å². The molecule has 1 aliphatic rings.